The van der Waals surface area contributed by atoms with Gasteiger partial charge in [-0.2, -0.15) is 0 Å². The Morgan fingerprint density at radius 3 is 1.59 bits per heavy atom. The normalized spacial score (nSPS) is 14.5. The van der Waals surface area contributed by atoms with Gasteiger partial charge in [-0.25, -0.2) is 4.57 Å². The van der Waals surface area contributed by atoms with Gasteiger partial charge in [0.1, 0.15) is 19.8 Å². The van der Waals surface area contributed by atoms with Crippen molar-refractivity contribution in [3.8, 4) is 0 Å². The summed E-state index contributed by atoms with van der Waals surface area (Å²) in [4.78, 5) is 35.3. The Kier molecular flexibility index (Phi) is 35.9. The van der Waals surface area contributed by atoms with Gasteiger partial charge >= 0.3 is 19.8 Å². The molecule has 0 aliphatic rings. The molecule has 320 valence electrons. The van der Waals surface area contributed by atoms with Crippen molar-refractivity contribution in [2.24, 2.45) is 0 Å². The van der Waals surface area contributed by atoms with E-state index < -0.39 is 32.5 Å². The molecule has 0 saturated heterocycles. The number of carbonyl (C=O) groups is 2. The molecule has 1 unspecified atom stereocenters. The van der Waals surface area contributed by atoms with Crippen molar-refractivity contribution in [1.82, 2.24) is 0 Å². The highest BCUT2D eigenvalue weighted by Crippen LogP contribution is 2.43. The number of allylic oxidation sites excluding steroid dienone is 14. The largest absolute Gasteiger partial charge is 0.472 e. The third-order valence-electron chi connectivity index (χ3n) is 8.42. The lowest BCUT2D eigenvalue weighted by Crippen LogP contribution is -2.37. The van der Waals surface area contributed by atoms with Gasteiger partial charge in [0.15, 0.2) is 6.10 Å². The first-order valence-electron chi connectivity index (χ1n) is 21.3. The minimum atomic E-state index is -4.40. The molecule has 0 saturated carbocycles. The van der Waals surface area contributed by atoms with Crippen LogP contribution in [0, 0.1) is 0 Å². The Balaban J connectivity index is 4.52. The van der Waals surface area contributed by atoms with Crippen LogP contribution in [-0.2, 0) is 32.7 Å². The zero-order chi connectivity index (χ0) is 41.4. The van der Waals surface area contributed by atoms with Crippen molar-refractivity contribution in [2.75, 3.05) is 47.5 Å². The number of unbranched alkanes of at least 4 members (excludes halogenated alkanes) is 9. The zero-order valence-corrected chi connectivity index (χ0v) is 36.7. The molecule has 9 nitrogen and oxygen atoms in total. The van der Waals surface area contributed by atoms with E-state index in [1.807, 2.05) is 33.3 Å². The van der Waals surface area contributed by atoms with Crippen molar-refractivity contribution < 1.29 is 42.1 Å². The molecular weight excluding hydrogens is 725 g/mol. The highest BCUT2D eigenvalue weighted by Gasteiger charge is 2.27. The summed E-state index contributed by atoms with van der Waals surface area (Å²) in [5.41, 5.74) is 0. The number of rotatable bonds is 37. The predicted octanol–water partition coefficient (Wildman–Crippen LogP) is 12.0. The lowest BCUT2D eigenvalue weighted by Gasteiger charge is -2.24. The molecule has 0 aromatic heterocycles. The molecule has 0 fully saturated rings. The Morgan fingerprint density at radius 1 is 0.571 bits per heavy atom. The number of likely N-dealkylation sites (N-methyl/N-ethyl adjacent to an activating group) is 1. The molecular formula is C46H79NO8P+. The van der Waals surface area contributed by atoms with Crippen LogP contribution in [0.3, 0.4) is 0 Å². The number of ether oxygens (including phenoxy) is 2. The molecule has 0 spiro atoms. The molecule has 0 amide bonds. The van der Waals surface area contributed by atoms with E-state index in [0.717, 1.165) is 77.0 Å². The SMILES string of the molecule is CC/C=C/C/C=C/C/C=C/C/C=C/C/C=C/C/C=C/CCC(=O)OC[C@@H](COP(=O)(O)OCC[N+](C)(C)C)OC(=O)CCCCCCC/C=C/CCCCCC. The number of carbonyl (C=O) groups excluding carboxylic acids is 2. The zero-order valence-electron chi connectivity index (χ0n) is 35.8. The fourth-order valence-electron chi connectivity index (χ4n) is 5.09. The quantitative estimate of drug-likeness (QED) is 0.0217. The van der Waals surface area contributed by atoms with Crippen LogP contribution < -0.4 is 0 Å². The van der Waals surface area contributed by atoms with Crippen molar-refractivity contribution in [3.63, 3.8) is 0 Å². The molecule has 0 bridgehead atoms. The minimum absolute atomic E-state index is 0.0145. The van der Waals surface area contributed by atoms with Gasteiger partial charge < -0.3 is 18.9 Å². The number of nitrogens with zero attached hydrogens (tertiary/aromatic N) is 1. The lowest BCUT2D eigenvalue weighted by molar-refractivity contribution is -0.870. The summed E-state index contributed by atoms with van der Waals surface area (Å²) in [6, 6.07) is 0. The summed E-state index contributed by atoms with van der Waals surface area (Å²) >= 11 is 0. The average molecular weight is 805 g/mol. The van der Waals surface area contributed by atoms with E-state index in [-0.39, 0.29) is 26.1 Å². The lowest BCUT2D eigenvalue weighted by atomic mass is 10.1. The second-order valence-electron chi connectivity index (χ2n) is 15.0. The summed E-state index contributed by atoms with van der Waals surface area (Å²) in [5.74, 6) is -0.916. The molecule has 0 aliphatic heterocycles. The van der Waals surface area contributed by atoms with E-state index >= 15 is 0 Å². The van der Waals surface area contributed by atoms with Crippen LogP contribution in [0.2, 0.25) is 0 Å². The first-order chi connectivity index (χ1) is 27.0. The molecule has 56 heavy (non-hydrogen) atoms. The standard InChI is InChI=1S/C46H78NO8P/c1-6-8-10-12-14-16-18-20-21-22-23-24-25-27-28-30-32-34-36-38-45(48)52-42-44(43-54-56(50,51)53-41-40-47(3,4)5)55-46(49)39-37-35-33-31-29-26-19-17-15-13-11-9-7-2/h8,10,14,16-17,19-21,23-24,27-28,32,34,44H,6-7,9,11-13,15,18,22,25-26,29-31,33,35-43H2,1-5H3/p+1/b10-8+,16-14+,19-17+,21-20+,24-23+,28-27+,34-32+/t44-/m0/s1. The van der Waals surface area contributed by atoms with Crippen molar-refractivity contribution >= 4 is 19.8 Å². The van der Waals surface area contributed by atoms with E-state index in [2.05, 4.69) is 86.8 Å². The fourth-order valence-corrected chi connectivity index (χ4v) is 5.83. The molecule has 0 radical (unpaired) electrons. The van der Waals surface area contributed by atoms with Crippen LogP contribution in [0.4, 0.5) is 0 Å². The molecule has 10 heteroatoms. The van der Waals surface area contributed by atoms with Gasteiger partial charge in [-0.15, -0.1) is 0 Å². The van der Waals surface area contributed by atoms with Gasteiger partial charge in [-0.3, -0.25) is 18.6 Å². The van der Waals surface area contributed by atoms with Crippen LogP contribution in [0.15, 0.2) is 85.1 Å². The predicted molar refractivity (Wildman–Crippen MR) is 233 cm³/mol. The fraction of sp³-hybridized carbons (Fsp3) is 0.652. The van der Waals surface area contributed by atoms with E-state index in [1.54, 1.807) is 0 Å². The Labute approximate surface area is 341 Å². The van der Waals surface area contributed by atoms with Crippen molar-refractivity contribution in [2.45, 2.75) is 148 Å². The monoisotopic (exact) mass is 805 g/mol. The maximum atomic E-state index is 12.7. The first kappa shape index (κ1) is 53.2. The van der Waals surface area contributed by atoms with E-state index in [9.17, 15) is 19.0 Å². The maximum absolute atomic E-state index is 12.7. The third-order valence-corrected chi connectivity index (χ3v) is 9.41. The van der Waals surface area contributed by atoms with Gasteiger partial charge in [-0.05, 0) is 77.0 Å². The van der Waals surface area contributed by atoms with Crippen LogP contribution in [0.5, 0.6) is 0 Å². The minimum Gasteiger partial charge on any atom is -0.462 e. The van der Waals surface area contributed by atoms with Crippen LogP contribution >= 0.6 is 7.82 Å². The molecule has 0 rings (SSSR count). The average Bonchev–Trinajstić information content (AvgIpc) is 3.15. The van der Waals surface area contributed by atoms with E-state index in [1.165, 1.54) is 25.7 Å². The Bertz CT molecular complexity index is 1230. The van der Waals surface area contributed by atoms with Gasteiger partial charge in [0.25, 0.3) is 0 Å². The summed E-state index contributed by atoms with van der Waals surface area (Å²) < 4.78 is 34.1. The van der Waals surface area contributed by atoms with Gasteiger partial charge in [-0.1, -0.05) is 137 Å². The Morgan fingerprint density at radius 2 is 1.05 bits per heavy atom. The number of phosphoric acid groups is 1. The maximum Gasteiger partial charge on any atom is 0.472 e. The molecule has 0 aromatic carbocycles. The summed E-state index contributed by atoms with van der Waals surface area (Å²) in [6.45, 7) is 4.17. The van der Waals surface area contributed by atoms with Crippen LogP contribution in [0.25, 0.3) is 0 Å². The van der Waals surface area contributed by atoms with Gasteiger partial charge in [0.2, 0.25) is 0 Å². The molecule has 2 atom stereocenters. The second kappa shape index (κ2) is 37.7. The van der Waals surface area contributed by atoms with Gasteiger partial charge in [0.05, 0.1) is 27.7 Å². The smallest absolute Gasteiger partial charge is 0.462 e. The van der Waals surface area contributed by atoms with E-state index in [4.69, 9.17) is 18.5 Å². The van der Waals surface area contributed by atoms with E-state index in [0.29, 0.717) is 23.9 Å². The van der Waals surface area contributed by atoms with Crippen molar-refractivity contribution in [1.29, 1.82) is 0 Å². The number of hydrogen-bond acceptors (Lipinski definition) is 7. The number of hydrogen-bond donors (Lipinski definition) is 1. The molecule has 0 aliphatic carbocycles. The first-order valence-corrected chi connectivity index (χ1v) is 22.8. The Hall–Kier alpha value is -2.81. The summed E-state index contributed by atoms with van der Waals surface area (Å²) in [6.07, 6.45) is 47.9. The summed E-state index contributed by atoms with van der Waals surface area (Å²) in [5, 5.41) is 0. The summed E-state index contributed by atoms with van der Waals surface area (Å²) in [7, 11) is 1.42. The highest BCUT2D eigenvalue weighted by molar-refractivity contribution is 7.47. The van der Waals surface area contributed by atoms with Crippen molar-refractivity contribution in [3.05, 3.63) is 85.1 Å². The van der Waals surface area contributed by atoms with Gasteiger partial charge in [0, 0.05) is 12.8 Å². The molecule has 0 aromatic rings. The number of esters is 2. The number of phosphoric ester groups is 1. The van der Waals surface area contributed by atoms with Crippen LogP contribution in [0.1, 0.15) is 142 Å². The third kappa shape index (κ3) is 40.8. The second-order valence-corrected chi connectivity index (χ2v) is 16.4. The van der Waals surface area contributed by atoms with Crippen LogP contribution in [-0.4, -0.2) is 74.9 Å². The highest BCUT2D eigenvalue weighted by atomic mass is 31.2. The topological polar surface area (TPSA) is 108 Å². The molecule has 1 N–H and O–H groups in total. The number of quaternary nitrogens is 1. The molecule has 0 heterocycles.